The van der Waals surface area contributed by atoms with Crippen molar-refractivity contribution in [1.29, 1.82) is 10.7 Å². The summed E-state index contributed by atoms with van der Waals surface area (Å²) in [4.78, 5) is 3.84. The first-order valence-electron chi connectivity index (χ1n) is 3.40. The molecule has 1 rings (SSSR count). The van der Waals surface area contributed by atoms with Gasteiger partial charge >= 0.3 is 0 Å². The second-order valence-electron chi connectivity index (χ2n) is 2.37. The van der Waals surface area contributed by atoms with Gasteiger partial charge in [0.25, 0.3) is 0 Å². The number of nitrogens with one attached hydrogen (secondary N) is 1. The fraction of sp³-hybridized carbons (Fsp3) is 0.125. The van der Waals surface area contributed by atoms with Crippen LogP contribution in [-0.2, 0) is 6.42 Å². The standard InChI is InChI=1S/C8H8N4/c9-4-7-2-1-6(5-12-7)3-8(10)11/h1-2,5H,3H2,(H3,10,11). The highest BCUT2D eigenvalue weighted by atomic mass is 14.7. The van der Waals surface area contributed by atoms with Crippen LogP contribution in [0.5, 0.6) is 0 Å². The molecule has 12 heavy (non-hydrogen) atoms. The van der Waals surface area contributed by atoms with E-state index in [1.165, 1.54) is 0 Å². The normalized spacial score (nSPS) is 8.92. The van der Waals surface area contributed by atoms with Crippen molar-refractivity contribution in [2.24, 2.45) is 5.73 Å². The van der Waals surface area contributed by atoms with Crippen LogP contribution in [0.1, 0.15) is 11.3 Å². The zero-order valence-electron chi connectivity index (χ0n) is 6.41. The Kier molecular flexibility index (Phi) is 2.38. The maximum Gasteiger partial charge on any atom is 0.140 e. The van der Waals surface area contributed by atoms with E-state index in [4.69, 9.17) is 16.4 Å². The van der Waals surface area contributed by atoms with Crippen molar-refractivity contribution in [3.8, 4) is 6.07 Å². The number of rotatable bonds is 2. The smallest absolute Gasteiger partial charge is 0.140 e. The minimum absolute atomic E-state index is 0.0986. The van der Waals surface area contributed by atoms with E-state index in [-0.39, 0.29) is 5.84 Å². The third-order valence-corrected chi connectivity index (χ3v) is 1.33. The molecule has 0 aromatic carbocycles. The Balaban J connectivity index is 2.80. The molecule has 0 aliphatic rings. The molecular weight excluding hydrogens is 152 g/mol. The summed E-state index contributed by atoms with van der Waals surface area (Å²) in [5.41, 5.74) is 6.41. The topological polar surface area (TPSA) is 86.5 Å². The van der Waals surface area contributed by atoms with E-state index in [0.29, 0.717) is 12.1 Å². The van der Waals surface area contributed by atoms with E-state index in [2.05, 4.69) is 4.98 Å². The molecule has 0 unspecified atom stereocenters. The van der Waals surface area contributed by atoms with E-state index in [9.17, 15) is 0 Å². The molecule has 0 spiro atoms. The molecule has 0 aliphatic heterocycles. The summed E-state index contributed by atoms with van der Waals surface area (Å²) < 4.78 is 0. The fourth-order valence-electron chi connectivity index (χ4n) is 0.815. The van der Waals surface area contributed by atoms with Gasteiger partial charge in [0.1, 0.15) is 11.8 Å². The highest BCUT2D eigenvalue weighted by Crippen LogP contribution is 1.99. The molecule has 0 atom stereocenters. The minimum atomic E-state index is 0.0986. The van der Waals surface area contributed by atoms with Crippen LogP contribution in [-0.4, -0.2) is 10.8 Å². The van der Waals surface area contributed by atoms with E-state index in [1.807, 2.05) is 6.07 Å². The van der Waals surface area contributed by atoms with Crippen LogP contribution in [0.4, 0.5) is 0 Å². The van der Waals surface area contributed by atoms with Gasteiger partial charge in [0.05, 0.1) is 5.84 Å². The maximum atomic E-state index is 8.43. The van der Waals surface area contributed by atoms with Crippen molar-refractivity contribution < 1.29 is 0 Å². The zero-order chi connectivity index (χ0) is 8.97. The Bertz CT molecular complexity index is 320. The first kappa shape index (κ1) is 8.21. The number of hydrogen-bond acceptors (Lipinski definition) is 3. The number of hydrogen-bond donors (Lipinski definition) is 2. The van der Waals surface area contributed by atoms with Crippen molar-refractivity contribution in [2.45, 2.75) is 6.42 Å². The van der Waals surface area contributed by atoms with Crippen LogP contribution in [0.2, 0.25) is 0 Å². The Hall–Kier alpha value is -1.89. The van der Waals surface area contributed by atoms with Crippen LogP contribution in [0, 0.1) is 16.7 Å². The summed E-state index contributed by atoms with van der Waals surface area (Å²) in [6.07, 6.45) is 1.94. The molecule has 0 fully saturated rings. The third kappa shape index (κ3) is 2.06. The molecule has 60 valence electrons. The largest absolute Gasteiger partial charge is 0.387 e. The molecule has 0 amide bonds. The summed E-state index contributed by atoms with van der Waals surface area (Å²) in [6, 6.07) is 5.26. The van der Waals surface area contributed by atoms with Gasteiger partial charge in [-0.25, -0.2) is 4.98 Å². The lowest BCUT2D eigenvalue weighted by atomic mass is 10.2. The Morgan fingerprint density at radius 3 is 2.83 bits per heavy atom. The third-order valence-electron chi connectivity index (χ3n) is 1.33. The molecule has 0 bridgehead atoms. The Labute approximate surface area is 70.2 Å². The maximum absolute atomic E-state index is 8.43. The average Bonchev–Trinajstić information content (AvgIpc) is 2.05. The van der Waals surface area contributed by atoms with Gasteiger partial charge in [-0.2, -0.15) is 5.26 Å². The predicted octanol–water partition coefficient (Wildman–Crippen LogP) is 0.432. The second-order valence-corrected chi connectivity index (χ2v) is 2.37. The number of pyridine rings is 1. The van der Waals surface area contributed by atoms with E-state index in [1.54, 1.807) is 18.3 Å². The number of nitriles is 1. The minimum Gasteiger partial charge on any atom is -0.387 e. The highest BCUT2D eigenvalue weighted by molar-refractivity contribution is 5.79. The number of aromatic nitrogens is 1. The fourth-order valence-corrected chi connectivity index (χ4v) is 0.815. The molecule has 3 N–H and O–H groups in total. The zero-order valence-corrected chi connectivity index (χ0v) is 6.41. The molecule has 4 heteroatoms. The van der Waals surface area contributed by atoms with Gasteiger partial charge in [0.2, 0.25) is 0 Å². The van der Waals surface area contributed by atoms with Crippen molar-refractivity contribution in [3.05, 3.63) is 29.6 Å². The van der Waals surface area contributed by atoms with Gasteiger partial charge in [-0.1, -0.05) is 6.07 Å². The van der Waals surface area contributed by atoms with Crippen LogP contribution >= 0.6 is 0 Å². The molecule has 0 radical (unpaired) electrons. The van der Waals surface area contributed by atoms with Crippen LogP contribution in [0.25, 0.3) is 0 Å². The molecule has 1 aromatic heterocycles. The quantitative estimate of drug-likeness (QED) is 0.486. The van der Waals surface area contributed by atoms with Gasteiger partial charge < -0.3 is 5.73 Å². The predicted molar refractivity (Wildman–Crippen MR) is 44.6 cm³/mol. The summed E-state index contributed by atoms with van der Waals surface area (Å²) in [5.74, 6) is 0.0986. The molecule has 4 nitrogen and oxygen atoms in total. The number of nitrogens with zero attached hydrogens (tertiary/aromatic N) is 2. The van der Waals surface area contributed by atoms with E-state index in [0.717, 1.165) is 5.56 Å². The Morgan fingerprint density at radius 2 is 2.42 bits per heavy atom. The molecule has 0 saturated heterocycles. The Morgan fingerprint density at radius 1 is 1.67 bits per heavy atom. The van der Waals surface area contributed by atoms with Gasteiger partial charge in [0.15, 0.2) is 0 Å². The molecule has 0 aliphatic carbocycles. The van der Waals surface area contributed by atoms with Gasteiger partial charge in [-0.3, -0.25) is 5.41 Å². The van der Waals surface area contributed by atoms with Crippen LogP contribution < -0.4 is 5.73 Å². The van der Waals surface area contributed by atoms with Crippen molar-refractivity contribution >= 4 is 5.84 Å². The van der Waals surface area contributed by atoms with Crippen molar-refractivity contribution in [2.75, 3.05) is 0 Å². The average molecular weight is 160 g/mol. The summed E-state index contributed by atoms with van der Waals surface area (Å²) in [5, 5.41) is 15.4. The highest BCUT2D eigenvalue weighted by Gasteiger charge is 1.95. The second kappa shape index (κ2) is 3.49. The molecule has 0 saturated carbocycles. The lowest BCUT2D eigenvalue weighted by Crippen LogP contribution is -2.12. The SMILES string of the molecule is N#Cc1ccc(CC(=N)N)cn1. The van der Waals surface area contributed by atoms with E-state index < -0.39 is 0 Å². The molecular formula is C8H8N4. The molecule has 1 aromatic rings. The van der Waals surface area contributed by atoms with Crippen molar-refractivity contribution in [1.82, 2.24) is 4.98 Å². The van der Waals surface area contributed by atoms with Gasteiger partial charge in [-0.05, 0) is 11.6 Å². The lowest BCUT2D eigenvalue weighted by Gasteiger charge is -1.97. The molecule has 1 heterocycles. The monoisotopic (exact) mass is 160 g/mol. The first-order chi connectivity index (χ1) is 5.72. The van der Waals surface area contributed by atoms with E-state index >= 15 is 0 Å². The van der Waals surface area contributed by atoms with Crippen LogP contribution in [0.15, 0.2) is 18.3 Å². The first-order valence-corrected chi connectivity index (χ1v) is 3.40. The van der Waals surface area contributed by atoms with Crippen LogP contribution in [0.3, 0.4) is 0 Å². The number of amidine groups is 1. The lowest BCUT2D eigenvalue weighted by molar-refractivity contribution is 1.17. The van der Waals surface area contributed by atoms with Crippen molar-refractivity contribution in [3.63, 3.8) is 0 Å². The summed E-state index contributed by atoms with van der Waals surface area (Å²) in [6.45, 7) is 0. The van der Waals surface area contributed by atoms with Gasteiger partial charge in [-0.15, -0.1) is 0 Å². The van der Waals surface area contributed by atoms with Gasteiger partial charge in [0, 0.05) is 12.6 Å². The summed E-state index contributed by atoms with van der Waals surface area (Å²) in [7, 11) is 0. The summed E-state index contributed by atoms with van der Waals surface area (Å²) >= 11 is 0. The number of nitrogens with two attached hydrogens (primary N) is 1.